The summed E-state index contributed by atoms with van der Waals surface area (Å²) >= 11 is 5.89. The predicted molar refractivity (Wildman–Crippen MR) is 108 cm³/mol. The molecule has 0 fully saturated rings. The lowest BCUT2D eigenvalue weighted by atomic mass is 9.98. The number of amides is 1. The Morgan fingerprint density at radius 3 is 2.15 bits per heavy atom. The van der Waals surface area contributed by atoms with Gasteiger partial charge in [-0.15, -0.1) is 0 Å². The van der Waals surface area contributed by atoms with E-state index >= 15 is 0 Å². The highest BCUT2D eigenvalue weighted by Gasteiger charge is 2.15. The third-order valence-electron chi connectivity index (χ3n) is 4.13. The standard InChI is InChI=1S/C23H20ClNO/c1-17-7-12-20(13-8-17)23(19-5-3-2-4-6-19)25-22(26)16-11-18-9-14-21(24)15-10-18/h2-16,23H,1H3,(H,25,26)/b16-11+. The summed E-state index contributed by atoms with van der Waals surface area (Å²) in [5.41, 5.74) is 4.21. The molecule has 0 aliphatic carbocycles. The van der Waals surface area contributed by atoms with Crippen molar-refractivity contribution in [1.82, 2.24) is 5.32 Å². The van der Waals surface area contributed by atoms with E-state index in [4.69, 9.17) is 11.6 Å². The number of benzene rings is 3. The van der Waals surface area contributed by atoms with Crippen LogP contribution in [0.3, 0.4) is 0 Å². The average molecular weight is 362 g/mol. The summed E-state index contributed by atoms with van der Waals surface area (Å²) in [6.07, 6.45) is 3.33. The average Bonchev–Trinajstić information content (AvgIpc) is 2.67. The van der Waals surface area contributed by atoms with Crippen molar-refractivity contribution in [2.24, 2.45) is 0 Å². The summed E-state index contributed by atoms with van der Waals surface area (Å²) < 4.78 is 0. The molecule has 0 bridgehead atoms. The maximum absolute atomic E-state index is 12.5. The van der Waals surface area contributed by atoms with Crippen LogP contribution >= 0.6 is 11.6 Å². The summed E-state index contributed by atoms with van der Waals surface area (Å²) in [5.74, 6) is -0.144. The number of carbonyl (C=O) groups is 1. The van der Waals surface area contributed by atoms with Gasteiger partial charge in [-0.25, -0.2) is 0 Å². The Morgan fingerprint density at radius 1 is 0.885 bits per heavy atom. The van der Waals surface area contributed by atoms with E-state index in [1.165, 1.54) is 5.56 Å². The van der Waals surface area contributed by atoms with E-state index in [0.717, 1.165) is 16.7 Å². The van der Waals surface area contributed by atoms with Crippen LogP contribution in [-0.2, 0) is 4.79 Å². The topological polar surface area (TPSA) is 29.1 Å². The lowest BCUT2D eigenvalue weighted by Crippen LogP contribution is -2.27. The quantitative estimate of drug-likeness (QED) is 0.591. The Balaban J connectivity index is 1.80. The van der Waals surface area contributed by atoms with Crippen LogP contribution in [-0.4, -0.2) is 5.91 Å². The van der Waals surface area contributed by atoms with Gasteiger partial charge in [-0.05, 0) is 41.8 Å². The highest BCUT2D eigenvalue weighted by molar-refractivity contribution is 6.30. The first kappa shape index (κ1) is 18.0. The van der Waals surface area contributed by atoms with Crippen molar-refractivity contribution < 1.29 is 4.79 Å². The smallest absolute Gasteiger partial charge is 0.244 e. The number of carbonyl (C=O) groups excluding carboxylic acids is 1. The van der Waals surface area contributed by atoms with E-state index in [2.05, 4.69) is 36.5 Å². The third kappa shape index (κ3) is 4.84. The minimum atomic E-state index is -0.195. The monoisotopic (exact) mass is 361 g/mol. The normalized spacial score (nSPS) is 12.1. The Bertz CT molecular complexity index is 884. The van der Waals surface area contributed by atoms with Gasteiger partial charge >= 0.3 is 0 Å². The van der Waals surface area contributed by atoms with E-state index in [1.54, 1.807) is 24.3 Å². The number of nitrogens with one attached hydrogen (secondary N) is 1. The van der Waals surface area contributed by atoms with E-state index in [1.807, 2.05) is 42.5 Å². The molecule has 1 N–H and O–H groups in total. The molecule has 0 aliphatic rings. The van der Waals surface area contributed by atoms with Crippen molar-refractivity contribution >= 4 is 23.6 Å². The molecule has 3 rings (SSSR count). The first-order valence-corrected chi connectivity index (χ1v) is 8.85. The molecule has 0 aromatic heterocycles. The summed E-state index contributed by atoms with van der Waals surface area (Å²) in [5, 5.41) is 3.77. The van der Waals surface area contributed by atoms with Crippen LogP contribution in [0.25, 0.3) is 6.08 Å². The van der Waals surface area contributed by atoms with Crippen LogP contribution in [0.1, 0.15) is 28.3 Å². The highest BCUT2D eigenvalue weighted by Crippen LogP contribution is 2.22. The molecule has 1 unspecified atom stereocenters. The Labute approximate surface area is 159 Å². The van der Waals surface area contributed by atoms with Gasteiger partial charge in [-0.1, -0.05) is 83.9 Å². The fourth-order valence-corrected chi connectivity index (χ4v) is 2.83. The third-order valence-corrected chi connectivity index (χ3v) is 4.38. The molecule has 0 saturated carbocycles. The number of hydrogen-bond acceptors (Lipinski definition) is 1. The van der Waals surface area contributed by atoms with E-state index in [-0.39, 0.29) is 11.9 Å². The molecular weight excluding hydrogens is 342 g/mol. The zero-order valence-electron chi connectivity index (χ0n) is 14.5. The van der Waals surface area contributed by atoms with Crippen LogP contribution in [0.2, 0.25) is 5.02 Å². The van der Waals surface area contributed by atoms with Crippen LogP contribution in [0.4, 0.5) is 0 Å². The zero-order chi connectivity index (χ0) is 18.4. The lowest BCUT2D eigenvalue weighted by Gasteiger charge is -2.19. The van der Waals surface area contributed by atoms with Crippen molar-refractivity contribution in [3.63, 3.8) is 0 Å². The number of aryl methyl sites for hydroxylation is 1. The molecule has 130 valence electrons. The van der Waals surface area contributed by atoms with Crippen LogP contribution in [0, 0.1) is 6.92 Å². The predicted octanol–water partition coefficient (Wildman–Crippen LogP) is 5.57. The van der Waals surface area contributed by atoms with Crippen LogP contribution < -0.4 is 5.32 Å². The molecule has 1 amide bonds. The number of hydrogen-bond donors (Lipinski definition) is 1. The molecular formula is C23H20ClNO. The molecule has 1 atom stereocenters. The summed E-state index contributed by atoms with van der Waals surface area (Å²) in [4.78, 5) is 12.5. The van der Waals surface area contributed by atoms with Gasteiger partial charge in [0.2, 0.25) is 5.91 Å². The van der Waals surface area contributed by atoms with E-state index in [0.29, 0.717) is 5.02 Å². The number of halogens is 1. The fourth-order valence-electron chi connectivity index (χ4n) is 2.70. The van der Waals surface area contributed by atoms with Gasteiger partial charge in [0.1, 0.15) is 0 Å². The molecule has 0 heterocycles. The highest BCUT2D eigenvalue weighted by atomic mass is 35.5. The molecule has 0 aliphatic heterocycles. The molecule has 3 aromatic carbocycles. The first-order valence-electron chi connectivity index (χ1n) is 8.47. The molecule has 0 radical (unpaired) electrons. The summed E-state index contributed by atoms with van der Waals surface area (Å²) in [6.45, 7) is 2.05. The maximum Gasteiger partial charge on any atom is 0.244 e. The molecule has 0 spiro atoms. The fraction of sp³-hybridized carbons (Fsp3) is 0.0870. The minimum absolute atomic E-state index is 0.144. The minimum Gasteiger partial charge on any atom is -0.342 e. The van der Waals surface area contributed by atoms with Crippen molar-refractivity contribution in [2.45, 2.75) is 13.0 Å². The molecule has 2 nitrogen and oxygen atoms in total. The second kappa shape index (κ2) is 8.50. The van der Waals surface area contributed by atoms with Gasteiger partial charge in [0.25, 0.3) is 0 Å². The van der Waals surface area contributed by atoms with Gasteiger partial charge in [0, 0.05) is 11.1 Å². The van der Waals surface area contributed by atoms with E-state index in [9.17, 15) is 4.79 Å². The second-order valence-corrected chi connectivity index (χ2v) is 6.58. The summed E-state index contributed by atoms with van der Waals surface area (Å²) in [6, 6.07) is 25.4. The largest absolute Gasteiger partial charge is 0.342 e. The van der Waals surface area contributed by atoms with E-state index < -0.39 is 0 Å². The van der Waals surface area contributed by atoms with Crippen LogP contribution in [0.5, 0.6) is 0 Å². The van der Waals surface area contributed by atoms with Gasteiger partial charge in [-0.2, -0.15) is 0 Å². The summed E-state index contributed by atoms with van der Waals surface area (Å²) in [7, 11) is 0. The Hall–Kier alpha value is -2.84. The van der Waals surface area contributed by atoms with Crippen LogP contribution in [0.15, 0.2) is 84.9 Å². The van der Waals surface area contributed by atoms with Crippen molar-refractivity contribution in [1.29, 1.82) is 0 Å². The SMILES string of the molecule is Cc1ccc(C(NC(=O)/C=C/c2ccc(Cl)cc2)c2ccccc2)cc1. The zero-order valence-corrected chi connectivity index (χ0v) is 15.3. The Kier molecular flexibility index (Phi) is 5.88. The van der Waals surface area contributed by atoms with Crippen molar-refractivity contribution in [3.05, 3.63) is 112 Å². The second-order valence-electron chi connectivity index (χ2n) is 6.15. The molecule has 0 saturated heterocycles. The molecule has 3 aromatic rings. The van der Waals surface area contributed by atoms with Gasteiger partial charge in [-0.3, -0.25) is 4.79 Å². The Morgan fingerprint density at radius 2 is 1.50 bits per heavy atom. The maximum atomic E-state index is 12.5. The van der Waals surface area contributed by atoms with Gasteiger partial charge < -0.3 is 5.32 Å². The molecule has 3 heteroatoms. The van der Waals surface area contributed by atoms with Gasteiger partial charge in [0.05, 0.1) is 6.04 Å². The first-order chi connectivity index (χ1) is 12.6. The van der Waals surface area contributed by atoms with Gasteiger partial charge in [0.15, 0.2) is 0 Å². The van der Waals surface area contributed by atoms with Crippen molar-refractivity contribution in [2.75, 3.05) is 0 Å². The number of rotatable bonds is 5. The molecule has 26 heavy (non-hydrogen) atoms. The lowest BCUT2D eigenvalue weighted by molar-refractivity contribution is -0.116. The van der Waals surface area contributed by atoms with Crippen molar-refractivity contribution in [3.8, 4) is 0 Å².